The maximum atomic E-state index is 11.2. The Morgan fingerprint density at radius 1 is 1.53 bits per heavy atom. The van der Waals surface area contributed by atoms with Crippen molar-refractivity contribution in [2.45, 2.75) is 18.9 Å². The Hall–Kier alpha value is -1.26. The van der Waals surface area contributed by atoms with Gasteiger partial charge in [0.15, 0.2) is 0 Å². The lowest BCUT2D eigenvalue weighted by Crippen LogP contribution is -2.33. The molecule has 0 spiro atoms. The third-order valence-corrected chi connectivity index (χ3v) is 3.32. The molecule has 0 radical (unpaired) electrons. The Balaban J connectivity index is 2.40. The maximum Gasteiger partial charge on any atom is 0.337 e. The fourth-order valence-corrected chi connectivity index (χ4v) is 2.44. The molecule has 0 amide bonds. The zero-order valence-electron chi connectivity index (χ0n) is 9.27. The Morgan fingerprint density at radius 3 is 2.94 bits per heavy atom. The summed E-state index contributed by atoms with van der Waals surface area (Å²) >= 11 is 5.81. The van der Waals surface area contributed by atoms with Crippen molar-refractivity contribution in [1.82, 2.24) is 0 Å². The molecule has 0 saturated carbocycles. The van der Waals surface area contributed by atoms with Crippen molar-refractivity contribution in [3.05, 3.63) is 28.8 Å². The maximum absolute atomic E-state index is 11.2. The molecule has 1 unspecified atom stereocenters. The third-order valence-electron chi connectivity index (χ3n) is 3.09. The predicted molar refractivity (Wildman–Crippen MR) is 65.9 cm³/mol. The van der Waals surface area contributed by atoms with Gasteiger partial charge in [0.2, 0.25) is 0 Å². The zero-order valence-corrected chi connectivity index (χ0v) is 10.0. The Morgan fingerprint density at radius 2 is 2.29 bits per heavy atom. The molecule has 1 aromatic carbocycles. The van der Waals surface area contributed by atoms with Crippen molar-refractivity contribution in [2.75, 3.05) is 18.1 Å². The molecule has 92 valence electrons. The van der Waals surface area contributed by atoms with Gasteiger partial charge in [-0.25, -0.2) is 4.79 Å². The van der Waals surface area contributed by atoms with E-state index >= 15 is 0 Å². The van der Waals surface area contributed by atoms with Crippen molar-refractivity contribution < 1.29 is 15.0 Å². The van der Waals surface area contributed by atoms with Crippen LogP contribution in [0.2, 0.25) is 5.02 Å². The highest BCUT2D eigenvalue weighted by Crippen LogP contribution is 2.30. The van der Waals surface area contributed by atoms with Gasteiger partial charge in [0.1, 0.15) is 0 Å². The average Bonchev–Trinajstić information content (AvgIpc) is 2.76. The van der Waals surface area contributed by atoms with Crippen LogP contribution in [0.1, 0.15) is 23.2 Å². The van der Waals surface area contributed by atoms with Crippen molar-refractivity contribution in [3.63, 3.8) is 0 Å². The minimum absolute atomic E-state index is 0.00859. The van der Waals surface area contributed by atoms with Gasteiger partial charge in [-0.15, -0.1) is 0 Å². The number of hydrogen-bond donors (Lipinski definition) is 2. The number of aliphatic hydroxyl groups is 1. The molecule has 2 N–H and O–H groups in total. The van der Waals surface area contributed by atoms with Crippen LogP contribution >= 0.6 is 11.6 Å². The predicted octanol–water partition coefficient (Wildman–Crippen LogP) is 2.00. The molecule has 0 aromatic heterocycles. The van der Waals surface area contributed by atoms with Crippen LogP contribution in [0.5, 0.6) is 0 Å². The molecule has 1 atom stereocenters. The first-order valence-electron chi connectivity index (χ1n) is 5.54. The van der Waals surface area contributed by atoms with E-state index in [1.165, 1.54) is 6.07 Å². The van der Waals surface area contributed by atoms with E-state index in [1.54, 1.807) is 12.1 Å². The van der Waals surface area contributed by atoms with E-state index in [9.17, 15) is 9.90 Å². The molecule has 1 heterocycles. The van der Waals surface area contributed by atoms with Crippen LogP contribution in [0.15, 0.2) is 18.2 Å². The number of carboxylic acid groups (broad SMARTS) is 1. The minimum Gasteiger partial charge on any atom is -0.478 e. The summed E-state index contributed by atoms with van der Waals surface area (Å²) < 4.78 is 0. The largest absolute Gasteiger partial charge is 0.478 e. The van der Waals surface area contributed by atoms with Gasteiger partial charge >= 0.3 is 5.97 Å². The van der Waals surface area contributed by atoms with Gasteiger partial charge < -0.3 is 15.1 Å². The molecule has 0 bridgehead atoms. The van der Waals surface area contributed by atoms with Crippen LogP contribution in [-0.2, 0) is 0 Å². The molecule has 1 aliphatic rings. The van der Waals surface area contributed by atoms with Gasteiger partial charge in [0.05, 0.1) is 23.9 Å². The van der Waals surface area contributed by atoms with Crippen LogP contribution < -0.4 is 4.90 Å². The van der Waals surface area contributed by atoms with Crippen molar-refractivity contribution in [2.24, 2.45) is 0 Å². The first-order valence-corrected chi connectivity index (χ1v) is 5.91. The standard InChI is InChI=1S/C12H14ClNO3/c13-8-3-4-11(10(6-8)12(16)17)14-5-1-2-9(14)7-15/h3-4,6,9,15H,1-2,5,7H2,(H,16,17). The number of aromatic carboxylic acids is 1. The third kappa shape index (κ3) is 2.37. The lowest BCUT2D eigenvalue weighted by molar-refractivity contribution is 0.0697. The van der Waals surface area contributed by atoms with Gasteiger partial charge in [-0.3, -0.25) is 0 Å². The molecule has 1 aliphatic heterocycles. The minimum atomic E-state index is -0.994. The molecule has 1 saturated heterocycles. The van der Waals surface area contributed by atoms with Gasteiger partial charge in [-0.1, -0.05) is 11.6 Å². The number of benzene rings is 1. The average molecular weight is 256 g/mol. The van der Waals surface area contributed by atoms with E-state index in [4.69, 9.17) is 16.7 Å². The van der Waals surface area contributed by atoms with Gasteiger partial charge in [-0.05, 0) is 31.0 Å². The van der Waals surface area contributed by atoms with E-state index in [2.05, 4.69) is 0 Å². The smallest absolute Gasteiger partial charge is 0.337 e. The second-order valence-electron chi connectivity index (χ2n) is 4.14. The summed E-state index contributed by atoms with van der Waals surface area (Å²) in [5.41, 5.74) is 0.830. The van der Waals surface area contributed by atoms with E-state index in [0.717, 1.165) is 19.4 Å². The summed E-state index contributed by atoms with van der Waals surface area (Å²) in [6.45, 7) is 0.814. The molecule has 17 heavy (non-hydrogen) atoms. The molecule has 1 fully saturated rings. The summed E-state index contributed by atoms with van der Waals surface area (Å²) in [6.07, 6.45) is 1.85. The topological polar surface area (TPSA) is 60.8 Å². The first-order chi connectivity index (χ1) is 8.13. The Bertz CT molecular complexity index is 436. The first kappa shape index (κ1) is 12.2. The van der Waals surface area contributed by atoms with Crippen LogP contribution in [0.25, 0.3) is 0 Å². The lowest BCUT2D eigenvalue weighted by Gasteiger charge is -2.26. The van der Waals surface area contributed by atoms with Gasteiger partial charge in [0, 0.05) is 11.6 Å². The van der Waals surface area contributed by atoms with Gasteiger partial charge in [0.25, 0.3) is 0 Å². The highest BCUT2D eigenvalue weighted by Gasteiger charge is 2.27. The monoisotopic (exact) mass is 255 g/mol. The van der Waals surface area contributed by atoms with Crippen LogP contribution in [-0.4, -0.2) is 35.4 Å². The summed E-state index contributed by atoms with van der Waals surface area (Å²) in [5, 5.41) is 18.8. The summed E-state index contributed by atoms with van der Waals surface area (Å²) in [4.78, 5) is 13.1. The molecular formula is C12H14ClNO3. The summed E-state index contributed by atoms with van der Waals surface area (Å²) in [7, 11) is 0. The Kier molecular flexibility index (Phi) is 3.54. The number of carbonyl (C=O) groups is 1. The quantitative estimate of drug-likeness (QED) is 0.867. The number of aliphatic hydroxyl groups excluding tert-OH is 1. The SMILES string of the molecule is O=C(O)c1cc(Cl)ccc1N1CCCC1CO. The molecular weight excluding hydrogens is 242 g/mol. The molecule has 1 aromatic rings. The lowest BCUT2D eigenvalue weighted by atomic mass is 10.1. The molecule has 5 heteroatoms. The zero-order chi connectivity index (χ0) is 12.4. The van der Waals surface area contributed by atoms with Crippen molar-refractivity contribution in [3.8, 4) is 0 Å². The Labute approximate surface area is 104 Å². The normalized spacial score (nSPS) is 19.6. The van der Waals surface area contributed by atoms with Crippen LogP contribution in [0.3, 0.4) is 0 Å². The fraction of sp³-hybridized carbons (Fsp3) is 0.417. The highest BCUT2D eigenvalue weighted by molar-refractivity contribution is 6.31. The highest BCUT2D eigenvalue weighted by atomic mass is 35.5. The second-order valence-corrected chi connectivity index (χ2v) is 4.58. The number of rotatable bonds is 3. The molecule has 0 aliphatic carbocycles. The number of anilines is 1. The second kappa shape index (κ2) is 4.94. The molecule has 4 nitrogen and oxygen atoms in total. The van der Waals surface area contributed by atoms with Crippen LogP contribution in [0, 0.1) is 0 Å². The number of carboxylic acids is 1. The number of halogens is 1. The van der Waals surface area contributed by atoms with E-state index in [1.807, 2.05) is 4.90 Å². The summed E-state index contributed by atoms with van der Waals surface area (Å²) in [5.74, 6) is -0.994. The van der Waals surface area contributed by atoms with Gasteiger partial charge in [-0.2, -0.15) is 0 Å². The number of nitrogens with zero attached hydrogens (tertiary/aromatic N) is 1. The fourth-order valence-electron chi connectivity index (χ4n) is 2.27. The van der Waals surface area contributed by atoms with E-state index < -0.39 is 5.97 Å². The van der Waals surface area contributed by atoms with Crippen molar-refractivity contribution >= 4 is 23.3 Å². The van der Waals surface area contributed by atoms with Crippen LogP contribution in [0.4, 0.5) is 5.69 Å². The molecule has 2 rings (SSSR count). The van der Waals surface area contributed by atoms with Crippen molar-refractivity contribution in [1.29, 1.82) is 0 Å². The van der Waals surface area contributed by atoms with E-state index in [-0.39, 0.29) is 18.2 Å². The summed E-state index contributed by atoms with van der Waals surface area (Å²) in [6, 6.07) is 4.84. The number of hydrogen-bond acceptors (Lipinski definition) is 3. The van der Waals surface area contributed by atoms with E-state index in [0.29, 0.717) is 10.7 Å².